The second-order valence-electron chi connectivity index (χ2n) is 4.36. The van der Waals surface area contributed by atoms with E-state index in [1.807, 2.05) is 0 Å². The maximum atomic E-state index is 11.4. The Balaban J connectivity index is 2.03. The molecule has 2 amide bonds. The van der Waals surface area contributed by atoms with Crippen molar-refractivity contribution >= 4 is 12.0 Å². The molecule has 1 fully saturated rings. The number of amides is 2. The summed E-state index contributed by atoms with van der Waals surface area (Å²) < 4.78 is 4.79. The maximum Gasteiger partial charge on any atom is 0.329 e. The van der Waals surface area contributed by atoms with E-state index in [4.69, 9.17) is 9.84 Å². The molecule has 1 saturated carbocycles. The average molecular weight is 244 g/mol. The maximum absolute atomic E-state index is 11.4. The van der Waals surface area contributed by atoms with Crippen molar-refractivity contribution in [3.8, 4) is 0 Å². The molecule has 1 rings (SSSR count). The largest absolute Gasteiger partial charge is 0.480 e. The number of hydrogen-bond acceptors (Lipinski definition) is 3. The molecular formula is C11H20N2O4. The summed E-state index contributed by atoms with van der Waals surface area (Å²) in [5.41, 5.74) is 0. The molecule has 0 aromatic rings. The van der Waals surface area contributed by atoms with E-state index < -0.39 is 5.97 Å². The molecule has 3 N–H and O–H groups in total. The Hall–Kier alpha value is -1.30. The molecule has 0 radical (unpaired) electrons. The lowest BCUT2D eigenvalue weighted by molar-refractivity contribution is -0.142. The monoisotopic (exact) mass is 244 g/mol. The van der Waals surface area contributed by atoms with Crippen molar-refractivity contribution in [3.05, 3.63) is 0 Å². The third-order valence-corrected chi connectivity index (χ3v) is 2.94. The van der Waals surface area contributed by atoms with E-state index in [0.717, 1.165) is 19.3 Å². The molecule has 0 aliphatic heterocycles. The lowest BCUT2D eigenvalue weighted by atomic mass is 10.1. The first-order valence-corrected chi connectivity index (χ1v) is 5.93. The zero-order chi connectivity index (χ0) is 12.7. The van der Waals surface area contributed by atoms with E-state index in [0.29, 0.717) is 12.5 Å². The van der Waals surface area contributed by atoms with Crippen LogP contribution in [-0.2, 0) is 9.53 Å². The van der Waals surface area contributed by atoms with Gasteiger partial charge < -0.3 is 20.5 Å². The fourth-order valence-corrected chi connectivity index (χ4v) is 1.98. The lowest BCUT2D eigenvalue weighted by Gasteiger charge is -2.17. The normalized spacial score (nSPS) is 23.4. The van der Waals surface area contributed by atoms with E-state index in [9.17, 15) is 9.59 Å². The summed E-state index contributed by atoms with van der Waals surface area (Å²) in [6.07, 6.45) is 3.35. The Bertz CT molecular complexity index is 270. The van der Waals surface area contributed by atoms with Crippen LogP contribution in [0.15, 0.2) is 0 Å². The number of hydrogen-bond donors (Lipinski definition) is 3. The predicted octanol–water partition coefficient (Wildman–Crippen LogP) is 0.575. The van der Waals surface area contributed by atoms with Gasteiger partial charge in [0.1, 0.15) is 6.61 Å². The first kappa shape index (κ1) is 13.8. The van der Waals surface area contributed by atoms with E-state index in [1.54, 1.807) is 0 Å². The van der Waals surface area contributed by atoms with Gasteiger partial charge in [-0.1, -0.05) is 13.3 Å². The Morgan fingerprint density at radius 2 is 2.18 bits per heavy atom. The minimum atomic E-state index is -1.01. The molecule has 0 bridgehead atoms. The number of ether oxygens (including phenoxy) is 1. The van der Waals surface area contributed by atoms with Crippen molar-refractivity contribution in [2.75, 3.05) is 19.8 Å². The third kappa shape index (κ3) is 5.53. The highest BCUT2D eigenvalue weighted by molar-refractivity contribution is 5.74. The van der Waals surface area contributed by atoms with Crippen LogP contribution in [0.1, 0.15) is 26.2 Å². The van der Waals surface area contributed by atoms with Gasteiger partial charge in [0.25, 0.3) is 0 Å². The SMILES string of the molecule is CC1CCCC1NC(=O)NCCOCC(=O)O. The van der Waals surface area contributed by atoms with Crippen LogP contribution in [0, 0.1) is 5.92 Å². The van der Waals surface area contributed by atoms with Gasteiger partial charge in [-0.15, -0.1) is 0 Å². The van der Waals surface area contributed by atoms with Crippen LogP contribution >= 0.6 is 0 Å². The highest BCUT2D eigenvalue weighted by Gasteiger charge is 2.24. The number of carboxylic acids is 1. The molecule has 2 atom stereocenters. The first-order valence-electron chi connectivity index (χ1n) is 5.93. The van der Waals surface area contributed by atoms with Gasteiger partial charge in [0, 0.05) is 12.6 Å². The van der Waals surface area contributed by atoms with Crippen LogP contribution in [0.2, 0.25) is 0 Å². The van der Waals surface area contributed by atoms with E-state index in [2.05, 4.69) is 17.6 Å². The van der Waals surface area contributed by atoms with Crippen molar-refractivity contribution in [1.82, 2.24) is 10.6 Å². The van der Waals surface area contributed by atoms with Crippen LogP contribution in [-0.4, -0.2) is 42.9 Å². The fraction of sp³-hybridized carbons (Fsp3) is 0.818. The smallest absolute Gasteiger partial charge is 0.329 e. The minimum absolute atomic E-state index is 0.206. The standard InChI is InChI=1S/C11H20N2O4/c1-8-3-2-4-9(8)13-11(16)12-5-6-17-7-10(14)15/h8-9H,2-7H2,1H3,(H,14,15)(H2,12,13,16). The summed E-state index contributed by atoms with van der Waals surface area (Å²) in [6.45, 7) is 2.33. The van der Waals surface area contributed by atoms with Gasteiger partial charge in [0.2, 0.25) is 0 Å². The van der Waals surface area contributed by atoms with Gasteiger partial charge in [-0.05, 0) is 18.8 Å². The van der Waals surface area contributed by atoms with E-state index in [1.165, 1.54) is 0 Å². The summed E-state index contributed by atoms with van der Waals surface area (Å²) >= 11 is 0. The number of carbonyl (C=O) groups excluding carboxylic acids is 1. The molecule has 0 aromatic carbocycles. The Kier molecular flexibility index (Phi) is 5.76. The Morgan fingerprint density at radius 1 is 1.41 bits per heavy atom. The fourth-order valence-electron chi connectivity index (χ4n) is 1.98. The number of urea groups is 1. The van der Waals surface area contributed by atoms with Crippen molar-refractivity contribution in [3.63, 3.8) is 0 Å². The molecule has 2 unspecified atom stereocenters. The highest BCUT2D eigenvalue weighted by atomic mass is 16.5. The second-order valence-corrected chi connectivity index (χ2v) is 4.36. The zero-order valence-corrected chi connectivity index (χ0v) is 10.1. The van der Waals surface area contributed by atoms with Gasteiger partial charge in [-0.2, -0.15) is 0 Å². The summed E-state index contributed by atoms with van der Waals surface area (Å²) in [6, 6.07) is 0.0533. The molecule has 6 heteroatoms. The van der Waals surface area contributed by atoms with Gasteiger partial charge >= 0.3 is 12.0 Å². The summed E-state index contributed by atoms with van der Waals surface area (Å²) in [5.74, 6) is -0.474. The van der Waals surface area contributed by atoms with Gasteiger partial charge in [-0.3, -0.25) is 0 Å². The third-order valence-electron chi connectivity index (χ3n) is 2.94. The molecule has 0 spiro atoms. The molecule has 0 saturated heterocycles. The van der Waals surface area contributed by atoms with Crippen LogP contribution in [0.4, 0.5) is 4.79 Å². The van der Waals surface area contributed by atoms with Gasteiger partial charge in [-0.25, -0.2) is 9.59 Å². The van der Waals surface area contributed by atoms with Crippen molar-refractivity contribution < 1.29 is 19.4 Å². The molecule has 1 aliphatic carbocycles. The molecule has 1 aliphatic rings. The molecule has 0 heterocycles. The molecule has 0 aromatic heterocycles. The number of rotatable bonds is 6. The number of nitrogens with one attached hydrogen (secondary N) is 2. The van der Waals surface area contributed by atoms with Gasteiger partial charge in [0.15, 0.2) is 0 Å². The number of carbonyl (C=O) groups is 2. The quantitative estimate of drug-likeness (QED) is 0.596. The van der Waals surface area contributed by atoms with Crippen LogP contribution in [0.25, 0.3) is 0 Å². The van der Waals surface area contributed by atoms with Crippen LogP contribution in [0.5, 0.6) is 0 Å². The number of carboxylic acid groups (broad SMARTS) is 1. The van der Waals surface area contributed by atoms with Gasteiger partial charge in [0.05, 0.1) is 6.61 Å². The van der Waals surface area contributed by atoms with Crippen LogP contribution in [0.3, 0.4) is 0 Å². The Labute approximate surface area is 101 Å². The topological polar surface area (TPSA) is 87.7 Å². The molecule has 17 heavy (non-hydrogen) atoms. The van der Waals surface area contributed by atoms with Crippen molar-refractivity contribution in [2.45, 2.75) is 32.2 Å². The lowest BCUT2D eigenvalue weighted by Crippen LogP contribution is -2.44. The molecule has 6 nitrogen and oxygen atoms in total. The summed E-state index contributed by atoms with van der Waals surface area (Å²) in [5, 5.41) is 13.9. The van der Waals surface area contributed by atoms with Crippen molar-refractivity contribution in [1.29, 1.82) is 0 Å². The number of aliphatic carboxylic acids is 1. The predicted molar refractivity (Wildman–Crippen MR) is 61.8 cm³/mol. The summed E-state index contributed by atoms with van der Waals surface area (Å²) in [4.78, 5) is 21.6. The molecule has 98 valence electrons. The minimum Gasteiger partial charge on any atom is -0.480 e. The summed E-state index contributed by atoms with van der Waals surface area (Å²) in [7, 11) is 0. The Morgan fingerprint density at radius 3 is 2.76 bits per heavy atom. The first-order chi connectivity index (χ1) is 8.09. The van der Waals surface area contributed by atoms with E-state index >= 15 is 0 Å². The van der Waals surface area contributed by atoms with E-state index in [-0.39, 0.29) is 25.3 Å². The molecular weight excluding hydrogens is 224 g/mol. The second kappa shape index (κ2) is 7.11. The highest BCUT2D eigenvalue weighted by Crippen LogP contribution is 2.24. The zero-order valence-electron chi connectivity index (χ0n) is 10.1. The average Bonchev–Trinajstić information content (AvgIpc) is 2.63. The van der Waals surface area contributed by atoms with Crippen molar-refractivity contribution in [2.24, 2.45) is 5.92 Å². The van der Waals surface area contributed by atoms with Crippen LogP contribution < -0.4 is 10.6 Å².